The summed E-state index contributed by atoms with van der Waals surface area (Å²) in [6, 6.07) is 10.2. The zero-order valence-electron chi connectivity index (χ0n) is 15.0. The molecule has 1 aromatic heterocycles. The predicted octanol–water partition coefficient (Wildman–Crippen LogP) is 2.10. The van der Waals surface area contributed by atoms with E-state index >= 15 is 0 Å². The van der Waals surface area contributed by atoms with Crippen molar-refractivity contribution in [2.75, 3.05) is 32.8 Å². The molecule has 0 saturated carbocycles. The van der Waals surface area contributed by atoms with E-state index in [9.17, 15) is 14.9 Å². The van der Waals surface area contributed by atoms with Crippen LogP contribution < -0.4 is 4.74 Å². The van der Waals surface area contributed by atoms with Crippen molar-refractivity contribution in [3.63, 3.8) is 0 Å². The molecule has 0 spiro atoms. The van der Waals surface area contributed by atoms with Crippen LogP contribution in [0.1, 0.15) is 12.0 Å². The van der Waals surface area contributed by atoms with Gasteiger partial charge in [0.25, 0.3) is 0 Å². The lowest BCUT2D eigenvalue weighted by Crippen LogP contribution is -2.48. The lowest BCUT2D eigenvalue weighted by molar-refractivity contribution is -0.385. The molecule has 1 aliphatic rings. The van der Waals surface area contributed by atoms with Crippen LogP contribution in [0.2, 0.25) is 0 Å². The Hall–Kier alpha value is -3.00. The average molecular weight is 370 g/mol. The number of hydrogen-bond acceptors (Lipinski definition) is 6. The van der Waals surface area contributed by atoms with Crippen molar-refractivity contribution < 1.29 is 14.5 Å². The number of rotatable bonds is 7. The van der Waals surface area contributed by atoms with Crippen LogP contribution in [0, 0.1) is 10.1 Å². The Bertz CT molecular complexity index is 776. The highest BCUT2D eigenvalue weighted by Gasteiger charge is 2.21. The average Bonchev–Trinajstić information content (AvgIpc) is 2.69. The number of carbonyl (C=O) groups is 1. The van der Waals surface area contributed by atoms with Gasteiger partial charge in [0.1, 0.15) is 0 Å². The van der Waals surface area contributed by atoms with E-state index in [0.717, 1.165) is 25.2 Å². The number of benzene rings is 1. The molecule has 0 aliphatic carbocycles. The van der Waals surface area contributed by atoms with Crippen molar-refractivity contribution >= 4 is 11.6 Å². The number of piperazine rings is 1. The van der Waals surface area contributed by atoms with Gasteiger partial charge >= 0.3 is 5.69 Å². The molecule has 1 amide bonds. The van der Waals surface area contributed by atoms with Crippen LogP contribution in [-0.2, 0) is 11.3 Å². The summed E-state index contributed by atoms with van der Waals surface area (Å²) in [4.78, 5) is 31.1. The molecule has 1 aliphatic heterocycles. The molecule has 27 heavy (non-hydrogen) atoms. The second kappa shape index (κ2) is 9.09. The third-order valence-electron chi connectivity index (χ3n) is 4.49. The molecule has 2 heterocycles. The molecular weight excluding hydrogens is 348 g/mol. The molecule has 0 bridgehead atoms. The number of para-hydroxylation sites is 2. The van der Waals surface area contributed by atoms with Gasteiger partial charge in [-0.05, 0) is 17.7 Å². The maximum absolute atomic E-state index is 12.4. The van der Waals surface area contributed by atoms with Crippen molar-refractivity contribution in [2.24, 2.45) is 0 Å². The molecule has 0 radical (unpaired) electrons. The van der Waals surface area contributed by atoms with E-state index in [0.29, 0.717) is 13.1 Å². The standard InChI is InChI=1S/C19H22N4O4/c24-19(7-13-27-18-6-2-1-5-17(18)23(25)26)22-11-9-21(10-12-22)15-16-4-3-8-20-14-16/h1-6,8,14H,7,9-13,15H2. The Morgan fingerprint density at radius 3 is 2.63 bits per heavy atom. The molecule has 2 aromatic rings. The fraction of sp³-hybridized carbons (Fsp3) is 0.368. The van der Waals surface area contributed by atoms with Crippen molar-refractivity contribution in [1.82, 2.24) is 14.8 Å². The third-order valence-corrected chi connectivity index (χ3v) is 4.49. The Balaban J connectivity index is 1.42. The van der Waals surface area contributed by atoms with Gasteiger partial charge in [0, 0.05) is 51.2 Å². The molecule has 0 N–H and O–H groups in total. The number of ether oxygens (including phenoxy) is 1. The molecule has 3 rings (SSSR count). The van der Waals surface area contributed by atoms with Gasteiger partial charge < -0.3 is 9.64 Å². The quantitative estimate of drug-likeness (QED) is 0.548. The van der Waals surface area contributed by atoms with Crippen LogP contribution in [-0.4, -0.2) is 58.4 Å². The number of nitro groups is 1. The second-order valence-electron chi connectivity index (χ2n) is 6.34. The van der Waals surface area contributed by atoms with E-state index in [-0.39, 0.29) is 30.4 Å². The summed E-state index contributed by atoms with van der Waals surface area (Å²) < 4.78 is 5.45. The molecule has 8 heteroatoms. The molecule has 0 unspecified atom stereocenters. The van der Waals surface area contributed by atoms with E-state index in [1.165, 1.54) is 6.07 Å². The summed E-state index contributed by atoms with van der Waals surface area (Å²) in [5.41, 5.74) is 1.07. The SMILES string of the molecule is O=C(CCOc1ccccc1[N+](=O)[O-])N1CCN(Cc2cccnc2)CC1. The number of aromatic nitrogens is 1. The van der Waals surface area contributed by atoms with Crippen LogP contribution in [0.3, 0.4) is 0 Å². The molecule has 1 saturated heterocycles. The van der Waals surface area contributed by atoms with Gasteiger partial charge in [0.15, 0.2) is 5.75 Å². The van der Waals surface area contributed by atoms with Gasteiger partial charge in [-0.15, -0.1) is 0 Å². The first kappa shape index (κ1) is 18.8. The summed E-state index contributed by atoms with van der Waals surface area (Å²) in [6.07, 6.45) is 3.82. The largest absolute Gasteiger partial charge is 0.486 e. The van der Waals surface area contributed by atoms with Crippen LogP contribution in [0.5, 0.6) is 5.75 Å². The highest BCUT2D eigenvalue weighted by Crippen LogP contribution is 2.25. The highest BCUT2D eigenvalue weighted by atomic mass is 16.6. The van der Waals surface area contributed by atoms with E-state index in [1.807, 2.05) is 23.2 Å². The van der Waals surface area contributed by atoms with E-state index in [1.54, 1.807) is 24.4 Å². The molecule has 1 aromatic carbocycles. The van der Waals surface area contributed by atoms with Crippen LogP contribution in [0.4, 0.5) is 5.69 Å². The number of hydrogen-bond donors (Lipinski definition) is 0. The van der Waals surface area contributed by atoms with Gasteiger partial charge in [-0.3, -0.25) is 24.8 Å². The van der Waals surface area contributed by atoms with Gasteiger partial charge in [-0.2, -0.15) is 0 Å². The zero-order chi connectivity index (χ0) is 19.1. The number of amides is 1. The minimum absolute atomic E-state index is 0.00890. The van der Waals surface area contributed by atoms with E-state index in [2.05, 4.69) is 9.88 Å². The number of carbonyl (C=O) groups excluding carboxylic acids is 1. The third kappa shape index (κ3) is 5.24. The first-order chi connectivity index (χ1) is 13.1. The van der Waals surface area contributed by atoms with Crippen LogP contribution in [0.15, 0.2) is 48.8 Å². The summed E-state index contributed by atoms with van der Waals surface area (Å²) in [6.45, 7) is 3.92. The normalized spacial score (nSPS) is 14.7. The zero-order valence-corrected chi connectivity index (χ0v) is 15.0. The summed E-state index contributed by atoms with van der Waals surface area (Å²) in [5.74, 6) is 0.200. The summed E-state index contributed by atoms with van der Waals surface area (Å²) in [5, 5.41) is 11.0. The first-order valence-corrected chi connectivity index (χ1v) is 8.89. The Kier molecular flexibility index (Phi) is 6.32. The monoisotopic (exact) mass is 370 g/mol. The van der Waals surface area contributed by atoms with Crippen LogP contribution >= 0.6 is 0 Å². The lowest BCUT2D eigenvalue weighted by Gasteiger charge is -2.34. The van der Waals surface area contributed by atoms with Crippen molar-refractivity contribution in [1.29, 1.82) is 0 Å². The van der Waals surface area contributed by atoms with E-state index < -0.39 is 4.92 Å². The fourth-order valence-electron chi connectivity index (χ4n) is 3.04. The molecular formula is C19H22N4O4. The number of nitro benzene ring substituents is 1. The van der Waals surface area contributed by atoms with Crippen molar-refractivity contribution in [3.8, 4) is 5.75 Å². The van der Waals surface area contributed by atoms with Gasteiger partial charge in [0.2, 0.25) is 5.91 Å². The van der Waals surface area contributed by atoms with Crippen molar-refractivity contribution in [2.45, 2.75) is 13.0 Å². The Morgan fingerprint density at radius 1 is 1.15 bits per heavy atom. The minimum atomic E-state index is -0.487. The maximum atomic E-state index is 12.4. The fourth-order valence-corrected chi connectivity index (χ4v) is 3.04. The first-order valence-electron chi connectivity index (χ1n) is 8.89. The Labute approximate surface area is 157 Å². The van der Waals surface area contributed by atoms with Crippen LogP contribution in [0.25, 0.3) is 0 Å². The highest BCUT2D eigenvalue weighted by molar-refractivity contribution is 5.76. The minimum Gasteiger partial charge on any atom is -0.486 e. The predicted molar refractivity (Wildman–Crippen MR) is 99.3 cm³/mol. The maximum Gasteiger partial charge on any atom is 0.310 e. The smallest absolute Gasteiger partial charge is 0.310 e. The summed E-state index contributed by atoms with van der Waals surface area (Å²) in [7, 11) is 0. The summed E-state index contributed by atoms with van der Waals surface area (Å²) >= 11 is 0. The number of nitrogens with zero attached hydrogens (tertiary/aromatic N) is 4. The number of pyridine rings is 1. The second-order valence-corrected chi connectivity index (χ2v) is 6.34. The molecule has 8 nitrogen and oxygen atoms in total. The van der Waals surface area contributed by atoms with Gasteiger partial charge in [-0.25, -0.2) is 0 Å². The van der Waals surface area contributed by atoms with Gasteiger partial charge in [0.05, 0.1) is 18.0 Å². The molecule has 142 valence electrons. The molecule has 1 fully saturated rings. The van der Waals surface area contributed by atoms with Crippen molar-refractivity contribution in [3.05, 3.63) is 64.5 Å². The Morgan fingerprint density at radius 2 is 1.93 bits per heavy atom. The van der Waals surface area contributed by atoms with Gasteiger partial charge in [-0.1, -0.05) is 18.2 Å². The van der Waals surface area contributed by atoms with E-state index in [4.69, 9.17) is 4.74 Å². The molecule has 0 atom stereocenters. The topological polar surface area (TPSA) is 88.8 Å². The lowest BCUT2D eigenvalue weighted by atomic mass is 10.2.